The first-order valence-corrected chi connectivity index (χ1v) is 10.6. The molecule has 0 unspecified atom stereocenters. The van der Waals surface area contributed by atoms with E-state index in [0.717, 1.165) is 11.1 Å². The lowest BCUT2D eigenvalue weighted by atomic mass is 10.1. The number of nitrogens with one attached hydrogen (secondary N) is 2. The van der Waals surface area contributed by atoms with Gasteiger partial charge in [-0.1, -0.05) is 42.5 Å². The summed E-state index contributed by atoms with van der Waals surface area (Å²) in [7, 11) is -3.79. The minimum atomic E-state index is -3.79. The maximum atomic E-state index is 12.3. The van der Waals surface area contributed by atoms with Crippen LogP contribution in [0.4, 0.5) is 5.69 Å². The Labute approximate surface area is 170 Å². The lowest BCUT2D eigenvalue weighted by Crippen LogP contribution is -2.32. The highest BCUT2D eigenvalue weighted by molar-refractivity contribution is 7.89. The van der Waals surface area contributed by atoms with Crippen molar-refractivity contribution in [1.82, 2.24) is 4.72 Å². The molecule has 0 saturated carbocycles. The number of carbonyl (C=O) groups excluding carboxylic acids is 1. The summed E-state index contributed by atoms with van der Waals surface area (Å²) in [4.78, 5) is 12.2. The second-order valence-electron chi connectivity index (χ2n) is 6.22. The third-order valence-corrected chi connectivity index (χ3v) is 5.56. The lowest BCUT2D eigenvalue weighted by Gasteiger charge is -2.09. The Morgan fingerprint density at radius 3 is 2.10 bits per heavy atom. The van der Waals surface area contributed by atoms with Crippen molar-refractivity contribution in [1.29, 1.82) is 0 Å². The Kier molecular flexibility index (Phi) is 6.64. The molecule has 0 aliphatic carbocycles. The van der Waals surface area contributed by atoms with Crippen LogP contribution in [0.5, 0.6) is 5.75 Å². The summed E-state index contributed by atoms with van der Waals surface area (Å²) in [5.74, 6) is 0.134. The van der Waals surface area contributed by atoms with Gasteiger partial charge in [0.25, 0.3) is 0 Å². The van der Waals surface area contributed by atoms with Gasteiger partial charge in [-0.3, -0.25) is 4.79 Å². The van der Waals surface area contributed by atoms with Crippen molar-refractivity contribution in [3.8, 4) is 16.9 Å². The molecule has 0 fully saturated rings. The van der Waals surface area contributed by atoms with Gasteiger partial charge in [0.15, 0.2) is 0 Å². The van der Waals surface area contributed by atoms with Gasteiger partial charge in [-0.25, -0.2) is 13.1 Å². The van der Waals surface area contributed by atoms with Crippen molar-refractivity contribution in [2.75, 3.05) is 18.5 Å². The minimum absolute atomic E-state index is 0.0703. The summed E-state index contributed by atoms with van der Waals surface area (Å²) in [5.41, 5.74) is 2.70. The van der Waals surface area contributed by atoms with Gasteiger partial charge < -0.3 is 10.1 Å². The van der Waals surface area contributed by atoms with E-state index >= 15 is 0 Å². The number of amides is 1. The zero-order chi connectivity index (χ0) is 20.7. The van der Waals surface area contributed by atoms with Gasteiger partial charge in [0.2, 0.25) is 15.9 Å². The zero-order valence-corrected chi connectivity index (χ0v) is 16.8. The van der Waals surface area contributed by atoms with Gasteiger partial charge >= 0.3 is 0 Å². The number of sulfonamides is 1. The van der Waals surface area contributed by atoms with Gasteiger partial charge in [-0.15, -0.1) is 0 Å². The number of carbonyl (C=O) groups is 1. The molecule has 0 atom stereocenters. The van der Waals surface area contributed by atoms with Crippen molar-refractivity contribution in [2.24, 2.45) is 0 Å². The molecule has 0 aromatic heterocycles. The van der Waals surface area contributed by atoms with Crippen molar-refractivity contribution < 1.29 is 17.9 Å². The summed E-state index contributed by atoms with van der Waals surface area (Å²) in [5, 5.41) is 2.68. The van der Waals surface area contributed by atoms with Gasteiger partial charge in [0.05, 0.1) is 18.0 Å². The molecule has 3 aromatic carbocycles. The molecule has 0 aliphatic heterocycles. The normalized spacial score (nSPS) is 11.1. The Morgan fingerprint density at radius 2 is 1.48 bits per heavy atom. The fraction of sp³-hybridized carbons (Fsp3) is 0.136. The van der Waals surface area contributed by atoms with Crippen molar-refractivity contribution in [3.05, 3.63) is 78.9 Å². The van der Waals surface area contributed by atoms with E-state index in [2.05, 4.69) is 10.0 Å². The first-order chi connectivity index (χ1) is 14.0. The number of hydrogen-bond donors (Lipinski definition) is 2. The number of hydrogen-bond acceptors (Lipinski definition) is 4. The van der Waals surface area contributed by atoms with Crippen LogP contribution < -0.4 is 14.8 Å². The Hall–Kier alpha value is -3.16. The Bertz CT molecular complexity index is 1050. The average molecular weight is 410 g/mol. The van der Waals surface area contributed by atoms with Crippen LogP contribution in [0, 0.1) is 0 Å². The topological polar surface area (TPSA) is 84.5 Å². The van der Waals surface area contributed by atoms with Crippen LogP contribution in [-0.2, 0) is 14.8 Å². The highest BCUT2D eigenvalue weighted by Crippen LogP contribution is 2.21. The molecule has 0 bridgehead atoms. The van der Waals surface area contributed by atoms with E-state index in [-0.39, 0.29) is 11.4 Å². The van der Waals surface area contributed by atoms with E-state index in [9.17, 15) is 13.2 Å². The van der Waals surface area contributed by atoms with E-state index in [1.165, 1.54) is 12.1 Å². The fourth-order valence-electron chi connectivity index (χ4n) is 2.71. The molecular formula is C22H22N2O4S. The predicted octanol–water partition coefficient (Wildman–Crippen LogP) is 3.67. The van der Waals surface area contributed by atoms with E-state index in [1.807, 2.05) is 49.4 Å². The Morgan fingerprint density at radius 1 is 0.862 bits per heavy atom. The maximum absolute atomic E-state index is 12.3. The second-order valence-corrected chi connectivity index (χ2v) is 7.99. The highest BCUT2D eigenvalue weighted by Gasteiger charge is 2.15. The van der Waals surface area contributed by atoms with Crippen molar-refractivity contribution in [3.63, 3.8) is 0 Å². The van der Waals surface area contributed by atoms with Gasteiger partial charge in [0, 0.05) is 5.69 Å². The number of anilines is 1. The van der Waals surface area contributed by atoms with Crippen LogP contribution in [-0.4, -0.2) is 27.5 Å². The van der Waals surface area contributed by atoms with Gasteiger partial charge in [0.1, 0.15) is 5.75 Å². The molecule has 0 spiro atoms. The molecule has 0 saturated heterocycles. The lowest BCUT2D eigenvalue weighted by molar-refractivity contribution is -0.115. The summed E-state index contributed by atoms with van der Waals surface area (Å²) in [6, 6.07) is 23.3. The number of rotatable bonds is 8. The van der Waals surface area contributed by atoms with Gasteiger partial charge in [-0.2, -0.15) is 0 Å². The molecule has 2 N–H and O–H groups in total. The van der Waals surface area contributed by atoms with Crippen LogP contribution in [0.15, 0.2) is 83.8 Å². The fourth-order valence-corrected chi connectivity index (χ4v) is 3.69. The molecule has 0 aliphatic rings. The first kappa shape index (κ1) is 20.6. The third-order valence-electron chi connectivity index (χ3n) is 4.14. The molecule has 3 aromatic rings. The molecule has 7 heteroatoms. The van der Waals surface area contributed by atoms with E-state index < -0.39 is 15.9 Å². The largest absolute Gasteiger partial charge is 0.494 e. The third kappa shape index (κ3) is 5.66. The van der Waals surface area contributed by atoms with Crippen LogP contribution in [0.3, 0.4) is 0 Å². The summed E-state index contributed by atoms with van der Waals surface area (Å²) in [6.45, 7) is 1.98. The van der Waals surface area contributed by atoms with Crippen LogP contribution in [0.1, 0.15) is 6.92 Å². The predicted molar refractivity (Wildman–Crippen MR) is 113 cm³/mol. The van der Waals surface area contributed by atoms with Crippen LogP contribution in [0.2, 0.25) is 0 Å². The molecule has 3 rings (SSSR count). The molecule has 150 valence electrons. The Balaban J connectivity index is 1.56. The number of ether oxygens (including phenoxy) is 1. The van der Waals surface area contributed by atoms with Crippen LogP contribution >= 0.6 is 0 Å². The van der Waals surface area contributed by atoms with Crippen LogP contribution in [0.25, 0.3) is 11.1 Å². The SMILES string of the molecule is CCOc1ccc(S(=O)(=O)NCC(=O)Nc2ccc(-c3ccccc3)cc2)cc1. The maximum Gasteiger partial charge on any atom is 0.241 e. The number of benzene rings is 3. The molecular weight excluding hydrogens is 388 g/mol. The molecule has 1 amide bonds. The zero-order valence-electron chi connectivity index (χ0n) is 16.0. The smallest absolute Gasteiger partial charge is 0.241 e. The first-order valence-electron chi connectivity index (χ1n) is 9.16. The molecule has 0 heterocycles. The van der Waals surface area contributed by atoms with E-state index in [1.54, 1.807) is 24.3 Å². The van der Waals surface area contributed by atoms with Crippen molar-refractivity contribution >= 4 is 21.6 Å². The quantitative estimate of drug-likeness (QED) is 0.593. The summed E-state index contributed by atoms with van der Waals surface area (Å²) >= 11 is 0. The van der Waals surface area contributed by atoms with E-state index in [4.69, 9.17) is 4.74 Å². The average Bonchev–Trinajstić information content (AvgIpc) is 2.74. The monoisotopic (exact) mass is 410 g/mol. The van der Waals surface area contributed by atoms with E-state index in [0.29, 0.717) is 18.0 Å². The highest BCUT2D eigenvalue weighted by atomic mass is 32.2. The standard InChI is InChI=1S/C22H22N2O4S/c1-2-28-20-12-14-21(15-13-20)29(26,27)23-16-22(25)24-19-10-8-18(9-11-19)17-6-4-3-5-7-17/h3-15,23H,2,16H2,1H3,(H,24,25). The molecule has 6 nitrogen and oxygen atoms in total. The summed E-state index contributed by atoms with van der Waals surface area (Å²) < 4.78 is 32.3. The minimum Gasteiger partial charge on any atom is -0.494 e. The molecule has 29 heavy (non-hydrogen) atoms. The molecule has 0 radical (unpaired) electrons. The second kappa shape index (κ2) is 9.36. The summed E-state index contributed by atoms with van der Waals surface area (Å²) in [6.07, 6.45) is 0. The van der Waals surface area contributed by atoms with Gasteiger partial charge in [-0.05, 0) is 54.4 Å². The van der Waals surface area contributed by atoms with Crippen molar-refractivity contribution in [2.45, 2.75) is 11.8 Å².